The van der Waals surface area contributed by atoms with Crippen LogP contribution in [0.3, 0.4) is 0 Å². The average Bonchev–Trinajstić information content (AvgIpc) is 2.87. The molecule has 0 aromatic heterocycles. The lowest BCUT2D eigenvalue weighted by Gasteiger charge is -2.24. The molecule has 3 aromatic carbocycles. The Morgan fingerprint density at radius 3 is 2.14 bits per heavy atom. The van der Waals surface area contributed by atoms with Gasteiger partial charge in [-0.2, -0.15) is 5.10 Å². The summed E-state index contributed by atoms with van der Waals surface area (Å²) >= 11 is 0. The first-order valence-electron chi connectivity index (χ1n) is 10.5. The zero-order valence-electron chi connectivity index (χ0n) is 19.5. The molecule has 9 nitrogen and oxygen atoms in total. The minimum atomic E-state index is -4.04. The number of carbonyl (C=O) groups excluding carboxylic acids is 2. The van der Waals surface area contributed by atoms with Gasteiger partial charge in [-0.15, -0.1) is 0 Å². The van der Waals surface area contributed by atoms with Crippen LogP contribution in [0.5, 0.6) is 5.75 Å². The molecule has 182 valence electrons. The first kappa shape index (κ1) is 25.4. The van der Waals surface area contributed by atoms with Crippen LogP contribution in [-0.2, 0) is 19.6 Å². The van der Waals surface area contributed by atoms with E-state index >= 15 is 0 Å². The Kier molecular flexibility index (Phi) is 8.21. The van der Waals surface area contributed by atoms with E-state index in [-0.39, 0.29) is 4.90 Å². The Morgan fingerprint density at radius 2 is 1.57 bits per heavy atom. The molecule has 1 N–H and O–H groups in total. The van der Waals surface area contributed by atoms with Crippen molar-refractivity contribution in [2.75, 3.05) is 25.1 Å². The lowest BCUT2D eigenvalue weighted by molar-refractivity contribution is -0.119. The van der Waals surface area contributed by atoms with Crippen LogP contribution in [-0.4, -0.2) is 47.3 Å². The number of nitrogens with one attached hydrogen (secondary N) is 1. The van der Waals surface area contributed by atoms with Gasteiger partial charge in [0.05, 0.1) is 36.6 Å². The van der Waals surface area contributed by atoms with Gasteiger partial charge < -0.3 is 9.47 Å². The van der Waals surface area contributed by atoms with Crippen LogP contribution in [0.25, 0.3) is 0 Å². The third kappa shape index (κ3) is 6.45. The van der Waals surface area contributed by atoms with E-state index in [1.165, 1.54) is 32.6 Å². The van der Waals surface area contributed by atoms with Crippen LogP contribution in [0.4, 0.5) is 5.69 Å². The van der Waals surface area contributed by atoms with E-state index < -0.39 is 28.4 Å². The summed E-state index contributed by atoms with van der Waals surface area (Å²) in [5, 5.41) is 3.89. The topological polar surface area (TPSA) is 114 Å². The number of hydrazone groups is 1. The van der Waals surface area contributed by atoms with Crippen LogP contribution in [0.15, 0.2) is 82.8 Å². The van der Waals surface area contributed by atoms with Crippen LogP contribution >= 0.6 is 0 Å². The summed E-state index contributed by atoms with van der Waals surface area (Å²) in [4.78, 5) is 24.2. The predicted octanol–water partition coefficient (Wildman–Crippen LogP) is 3.14. The monoisotopic (exact) mass is 495 g/mol. The van der Waals surface area contributed by atoms with E-state index in [0.29, 0.717) is 22.6 Å². The molecule has 0 spiro atoms. The van der Waals surface area contributed by atoms with Gasteiger partial charge in [0.25, 0.3) is 15.9 Å². The van der Waals surface area contributed by atoms with Gasteiger partial charge in [-0.05, 0) is 61.0 Å². The highest BCUT2D eigenvalue weighted by molar-refractivity contribution is 7.92. The number of benzene rings is 3. The number of esters is 1. The number of aryl methyl sites for hydroxylation is 1. The number of sulfonamides is 1. The van der Waals surface area contributed by atoms with Crippen molar-refractivity contribution in [1.82, 2.24) is 5.43 Å². The van der Waals surface area contributed by atoms with Gasteiger partial charge in [0.2, 0.25) is 0 Å². The molecule has 0 saturated carbocycles. The third-order valence-electron chi connectivity index (χ3n) is 4.99. The van der Waals surface area contributed by atoms with E-state index in [0.717, 1.165) is 9.87 Å². The van der Waals surface area contributed by atoms with E-state index in [2.05, 4.69) is 15.3 Å². The summed E-state index contributed by atoms with van der Waals surface area (Å²) in [6.07, 6.45) is 1.38. The second kappa shape index (κ2) is 11.3. The van der Waals surface area contributed by atoms with E-state index in [4.69, 9.17) is 4.74 Å². The molecule has 0 aliphatic heterocycles. The lowest BCUT2D eigenvalue weighted by atomic mass is 10.1. The highest BCUT2D eigenvalue weighted by Gasteiger charge is 2.27. The molecule has 35 heavy (non-hydrogen) atoms. The van der Waals surface area contributed by atoms with Crippen molar-refractivity contribution in [2.24, 2.45) is 5.10 Å². The number of ether oxygens (including phenoxy) is 2. The van der Waals surface area contributed by atoms with Gasteiger partial charge in [0, 0.05) is 0 Å². The molecule has 3 aromatic rings. The molecule has 0 atom stereocenters. The SMILES string of the molecule is COC(=O)c1ccc(/C=N\NC(=O)CN(c2ccc(OC)cc2)S(=O)(=O)c2ccc(C)cc2)cc1. The van der Waals surface area contributed by atoms with Gasteiger partial charge in [-0.3, -0.25) is 9.10 Å². The van der Waals surface area contributed by atoms with Crippen molar-refractivity contribution in [3.05, 3.63) is 89.5 Å². The summed E-state index contributed by atoms with van der Waals surface area (Å²) in [5.74, 6) is -0.553. The molecule has 0 aliphatic rings. The fraction of sp³-hybridized carbons (Fsp3) is 0.160. The van der Waals surface area contributed by atoms with E-state index in [1.54, 1.807) is 60.7 Å². The van der Waals surface area contributed by atoms with Crippen molar-refractivity contribution in [1.29, 1.82) is 0 Å². The maximum Gasteiger partial charge on any atom is 0.337 e. The zero-order valence-corrected chi connectivity index (χ0v) is 20.3. The molecule has 0 fully saturated rings. The highest BCUT2D eigenvalue weighted by Crippen LogP contribution is 2.26. The zero-order chi connectivity index (χ0) is 25.4. The quantitative estimate of drug-likeness (QED) is 0.277. The fourth-order valence-corrected chi connectivity index (χ4v) is 4.49. The molecule has 0 bridgehead atoms. The van der Waals surface area contributed by atoms with Crippen LogP contribution in [0, 0.1) is 6.92 Å². The second-order valence-electron chi connectivity index (χ2n) is 7.43. The number of hydrogen-bond acceptors (Lipinski definition) is 7. The summed E-state index contributed by atoms with van der Waals surface area (Å²) in [5.41, 5.74) is 4.55. The minimum absolute atomic E-state index is 0.0564. The van der Waals surface area contributed by atoms with Crippen LogP contribution in [0.1, 0.15) is 21.5 Å². The molecule has 0 radical (unpaired) electrons. The van der Waals surface area contributed by atoms with Gasteiger partial charge in [0.15, 0.2) is 0 Å². The Bertz CT molecular complexity index is 1300. The minimum Gasteiger partial charge on any atom is -0.497 e. The summed E-state index contributed by atoms with van der Waals surface area (Å²) in [6.45, 7) is 1.35. The number of rotatable bonds is 9. The molecule has 10 heteroatoms. The van der Waals surface area contributed by atoms with Crippen molar-refractivity contribution in [3.8, 4) is 5.75 Å². The van der Waals surface area contributed by atoms with Gasteiger partial charge in [-0.25, -0.2) is 18.6 Å². The van der Waals surface area contributed by atoms with Crippen LogP contribution < -0.4 is 14.5 Å². The molecule has 0 heterocycles. The molecule has 3 rings (SSSR count). The molecular weight excluding hydrogens is 470 g/mol. The fourth-order valence-electron chi connectivity index (χ4n) is 3.07. The first-order valence-corrected chi connectivity index (χ1v) is 11.9. The second-order valence-corrected chi connectivity index (χ2v) is 9.29. The standard InChI is InChI=1S/C25H25N3O6S/c1-18-4-14-23(15-5-18)35(31,32)28(21-10-12-22(33-2)13-11-21)17-24(29)27-26-16-19-6-8-20(9-7-19)25(30)34-3/h4-16H,17H2,1-3H3,(H,27,29)/b26-16-. The van der Waals surface area contributed by atoms with Crippen molar-refractivity contribution >= 4 is 33.8 Å². The molecule has 1 amide bonds. The lowest BCUT2D eigenvalue weighted by Crippen LogP contribution is -2.39. The Morgan fingerprint density at radius 1 is 0.943 bits per heavy atom. The van der Waals surface area contributed by atoms with Gasteiger partial charge in [0.1, 0.15) is 12.3 Å². The smallest absolute Gasteiger partial charge is 0.337 e. The third-order valence-corrected chi connectivity index (χ3v) is 6.78. The molecule has 0 unspecified atom stereocenters. The number of nitrogens with zero attached hydrogens (tertiary/aromatic N) is 2. The highest BCUT2D eigenvalue weighted by atomic mass is 32.2. The number of hydrogen-bond donors (Lipinski definition) is 1. The maximum atomic E-state index is 13.4. The molecule has 0 aliphatic carbocycles. The Balaban J connectivity index is 1.79. The van der Waals surface area contributed by atoms with E-state index in [1.807, 2.05) is 6.92 Å². The number of carbonyl (C=O) groups is 2. The predicted molar refractivity (Wildman–Crippen MR) is 132 cm³/mol. The van der Waals surface area contributed by atoms with Crippen molar-refractivity contribution in [3.63, 3.8) is 0 Å². The first-order chi connectivity index (χ1) is 16.7. The summed E-state index contributed by atoms with van der Waals surface area (Å²) in [6, 6.07) is 19.1. The largest absolute Gasteiger partial charge is 0.497 e. The molecule has 0 saturated heterocycles. The van der Waals surface area contributed by atoms with Gasteiger partial charge >= 0.3 is 5.97 Å². The van der Waals surface area contributed by atoms with Crippen molar-refractivity contribution in [2.45, 2.75) is 11.8 Å². The number of amides is 1. The average molecular weight is 496 g/mol. The number of methoxy groups -OCH3 is 2. The van der Waals surface area contributed by atoms with Crippen molar-refractivity contribution < 1.29 is 27.5 Å². The number of anilines is 1. The Labute approximate surface area is 204 Å². The summed E-state index contributed by atoms with van der Waals surface area (Å²) in [7, 11) is -1.24. The van der Waals surface area contributed by atoms with Crippen LogP contribution in [0.2, 0.25) is 0 Å². The summed E-state index contributed by atoms with van der Waals surface area (Å²) < 4.78 is 37.6. The normalized spacial score (nSPS) is 11.2. The maximum absolute atomic E-state index is 13.4. The van der Waals surface area contributed by atoms with E-state index in [9.17, 15) is 18.0 Å². The Hall–Kier alpha value is -4.18. The van der Waals surface area contributed by atoms with Gasteiger partial charge in [-0.1, -0.05) is 29.8 Å². The molecular formula is C25H25N3O6S.